The van der Waals surface area contributed by atoms with Gasteiger partial charge >= 0.3 is 0 Å². The van der Waals surface area contributed by atoms with Gasteiger partial charge in [0.05, 0.1) is 20.8 Å². The number of rotatable bonds is 8. The second-order valence-corrected chi connectivity index (χ2v) is 5.30. The average Bonchev–Trinajstić information content (AvgIpc) is 2.66. The van der Waals surface area contributed by atoms with E-state index in [1.165, 1.54) is 17.7 Å². The highest BCUT2D eigenvalue weighted by atomic mass is 16.5. The van der Waals surface area contributed by atoms with E-state index in [1.54, 1.807) is 56.8 Å². The molecule has 0 saturated heterocycles. The molecule has 1 aromatic heterocycles. The van der Waals surface area contributed by atoms with Crippen molar-refractivity contribution in [2.24, 2.45) is 0 Å². The molecule has 0 unspecified atom stereocenters. The zero-order valence-electron chi connectivity index (χ0n) is 15.0. The van der Waals surface area contributed by atoms with Crippen LogP contribution in [0.3, 0.4) is 0 Å². The van der Waals surface area contributed by atoms with Crippen LogP contribution in [0.1, 0.15) is 5.56 Å². The van der Waals surface area contributed by atoms with Gasteiger partial charge in [0, 0.05) is 25.9 Å². The zero-order valence-corrected chi connectivity index (χ0v) is 15.0. The molecule has 0 spiro atoms. The van der Waals surface area contributed by atoms with Crippen molar-refractivity contribution in [2.45, 2.75) is 0 Å². The number of nitrogens with zero attached hydrogens (tertiary/aromatic N) is 1. The van der Waals surface area contributed by atoms with Crippen LogP contribution in [0.15, 0.2) is 47.4 Å². The molecule has 7 heteroatoms. The first-order chi connectivity index (χ1) is 12.6. The van der Waals surface area contributed by atoms with Crippen molar-refractivity contribution in [1.29, 1.82) is 0 Å². The number of carbonyl (C=O) groups excluding carboxylic acids is 1. The predicted octanol–water partition coefficient (Wildman–Crippen LogP) is 1.63. The standard InChI is InChI=1S/C19H22N2O5/c1-24-11-9-20-19(23)15(21-10-5-4-6-18(21)22)12-14-7-8-16(25-2)17(13-14)26-3/h4-8,10,12-13H,9,11H2,1-3H3,(H,20,23)/b15-12+. The molecule has 0 bridgehead atoms. The molecule has 1 heterocycles. The monoisotopic (exact) mass is 358 g/mol. The molecular weight excluding hydrogens is 336 g/mol. The number of pyridine rings is 1. The van der Waals surface area contributed by atoms with Crippen molar-refractivity contribution in [2.75, 3.05) is 34.5 Å². The minimum atomic E-state index is -0.384. The third-order valence-corrected chi connectivity index (χ3v) is 3.62. The molecule has 0 radical (unpaired) electrons. The smallest absolute Gasteiger partial charge is 0.268 e. The summed E-state index contributed by atoms with van der Waals surface area (Å²) < 4.78 is 16.7. The van der Waals surface area contributed by atoms with Crippen molar-refractivity contribution in [3.63, 3.8) is 0 Å². The molecule has 0 aliphatic carbocycles. The van der Waals surface area contributed by atoms with Gasteiger partial charge in [-0.25, -0.2) is 0 Å². The number of aromatic nitrogens is 1. The molecule has 0 aliphatic heterocycles. The van der Waals surface area contributed by atoms with E-state index < -0.39 is 0 Å². The van der Waals surface area contributed by atoms with Crippen LogP contribution in [0.2, 0.25) is 0 Å². The SMILES string of the molecule is COCCNC(=O)/C(=C\c1ccc(OC)c(OC)c1)n1ccccc1=O. The molecule has 0 atom stereocenters. The molecule has 1 N–H and O–H groups in total. The second-order valence-electron chi connectivity index (χ2n) is 5.30. The Hall–Kier alpha value is -3.06. The number of hydrogen-bond acceptors (Lipinski definition) is 5. The summed E-state index contributed by atoms with van der Waals surface area (Å²) in [4.78, 5) is 24.8. The summed E-state index contributed by atoms with van der Waals surface area (Å²) in [5.41, 5.74) is 0.579. The van der Waals surface area contributed by atoms with Crippen molar-refractivity contribution in [1.82, 2.24) is 9.88 Å². The van der Waals surface area contributed by atoms with E-state index >= 15 is 0 Å². The summed E-state index contributed by atoms with van der Waals surface area (Å²) in [6.07, 6.45) is 3.16. The average molecular weight is 358 g/mol. The highest BCUT2D eigenvalue weighted by Crippen LogP contribution is 2.28. The Morgan fingerprint density at radius 2 is 1.88 bits per heavy atom. The van der Waals surface area contributed by atoms with Crippen LogP contribution in [-0.2, 0) is 9.53 Å². The quantitative estimate of drug-likeness (QED) is 0.573. The fraction of sp³-hybridized carbons (Fsp3) is 0.263. The van der Waals surface area contributed by atoms with Gasteiger partial charge in [0.1, 0.15) is 5.70 Å². The Balaban J connectivity index is 2.46. The minimum absolute atomic E-state index is 0.193. The van der Waals surface area contributed by atoms with Crippen LogP contribution in [0, 0.1) is 0 Å². The number of benzene rings is 1. The van der Waals surface area contributed by atoms with Gasteiger partial charge in [-0.15, -0.1) is 0 Å². The molecule has 1 amide bonds. The summed E-state index contributed by atoms with van der Waals surface area (Å²) in [5.74, 6) is 0.721. The Morgan fingerprint density at radius 1 is 1.12 bits per heavy atom. The van der Waals surface area contributed by atoms with Gasteiger partial charge < -0.3 is 19.5 Å². The molecule has 2 rings (SSSR count). The number of carbonyl (C=O) groups is 1. The van der Waals surface area contributed by atoms with Gasteiger partial charge in [-0.05, 0) is 29.8 Å². The van der Waals surface area contributed by atoms with Gasteiger partial charge in [-0.2, -0.15) is 0 Å². The summed E-state index contributed by atoms with van der Waals surface area (Å²) in [5, 5.41) is 2.73. The molecule has 0 fully saturated rings. The Bertz CT molecular complexity index is 842. The van der Waals surface area contributed by atoms with Crippen molar-refractivity contribution < 1.29 is 19.0 Å². The number of amides is 1. The van der Waals surface area contributed by atoms with E-state index in [0.29, 0.717) is 30.2 Å². The minimum Gasteiger partial charge on any atom is -0.493 e. The van der Waals surface area contributed by atoms with Gasteiger partial charge in [0.15, 0.2) is 11.5 Å². The highest BCUT2D eigenvalue weighted by molar-refractivity contribution is 6.18. The van der Waals surface area contributed by atoms with E-state index in [1.807, 2.05) is 0 Å². The maximum absolute atomic E-state index is 12.6. The number of nitrogens with one attached hydrogen (secondary N) is 1. The summed E-state index contributed by atoms with van der Waals surface area (Å²) in [7, 11) is 4.63. The lowest BCUT2D eigenvalue weighted by molar-refractivity contribution is -0.116. The maximum Gasteiger partial charge on any atom is 0.268 e. The summed E-state index contributed by atoms with van der Waals surface area (Å²) in [6.45, 7) is 0.708. The lowest BCUT2D eigenvalue weighted by atomic mass is 10.1. The normalized spacial score (nSPS) is 11.1. The molecule has 2 aromatic rings. The van der Waals surface area contributed by atoms with Crippen LogP contribution >= 0.6 is 0 Å². The first-order valence-electron chi connectivity index (χ1n) is 7.99. The van der Waals surface area contributed by atoms with Crippen molar-refractivity contribution in [3.8, 4) is 11.5 Å². The van der Waals surface area contributed by atoms with Crippen LogP contribution in [0.4, 0.5) is 0 Å². The number of ether oxygens (including phenoxy) is 3. The summed E-state index contributed by atoms with van der Waals surface area (Å²) >= 11 is 0. The van der Waals surface area contributed by atoms with Gasteiger partial charge in [0.25, 0.3) is 11.5 Å². The predicted molar refractivity (Wildman–Crippen MR) is 99.3 cm³/mol. The fourth-order valence-corrected chi connectivity index (χ4v) is 2.33. The van der Waals surface area contributed by atoms with E-state index in [-0.39, 0.29) is 17.2 Å². The van der Waals surface area contributed by atoms with E-state index in [0.717, 1.165) is 0 Å². The Morgan fingerprint density at radius 3 is 2.54 bits per heavy atom. The van der Waals surface area contributed by atoms with Crippen LogP contribution < -0.4 is 20.3 Å². The number of hydrogen-bond donors (Lipinski definition) is 1. The lowest BCUT2D eigenvalue weighted by Crippen LogP contribution is -2.32. The third kappa shape index (κ3) is 4.73. The first-order valence-corrected chi connectivity index (χ1v) is 7.99. The zero-order chi connectivity index (χ0) is 18.9. The van der Waals surface area contributed by atoms with Crippen molar-refractivity contribution >= 4 is 17.7 Å². The van der Waals surface area contributed by atoms with Crippen LogP contribution in [-0.4, -0.2) is 45.0 Å². The lowest BCUT2D eigenvalue weighted by Gasteiger charge is -2.12. The van der Waals surface area contributed by atoms with E-state index in [2.05, 4.69) is 5.32 Å². The van der Waals surface area contributed by atoms with Crippen molar-refractivity contribution in [3.05, 3.63) is 58.5 Å². The van der Waals surface area contributed by atoms with E-state index in [4.69, 9.17) is 14.2 Å². The van der Waals surface area contributed by atoms with Gasteiger partial charge in [0.2, 0.25) is 0 Å². The Kier molecular flexibility index (Phi) is 6.99. The molecule has 138 valence electrons. The molecular formula is C19H22N2O5. The maximum atomic E-state index is 12.6. The molecule has 26 heavy (non-hydrogen) atoms. The molecule has 0 saturated carbocycles. The Labute approximate surface area is 151 Å². The largest absolute Gasteiger partial charge is 0.493 e. The summed E-state index contributed by atoms with van der Waals surface area (Å²) in [6, 6.07) is 9.94. The topological polar surface area (TPSA) is 78.8 Å². The second kappa shape index (κ2) is 9.43. The van der Waals surface area contributed by atoms with Crippen LogP contribution in [0.5, 0.6) is 11.5 Å². The van der Waals surface area contributed by atoms with Crippen LogP contribution in [0.25, 0.3) is 11.8 Å². The van der Waals surface area contributed by atoms with Gasteiger partial charge in [-0.1, -0.05) is 12.1 Å². The highest BCUT2D eigenvalue weighted by Gasteiger charge is 2.13. The van der Waals surface area contributed by atoms with Gasteiger partial charge in [-0.3, -0.25) is 14.2 Å². The third-order valence-electron chi connectivity index (χ3n) is 3.62. The molecule has 1 aromatic carbocycles. The molecule has 0 aliphatic rings. The fourth-order valence-electron chi connectivity index (χ4n) is 2.33. The molecule has 7 nitrogen and oxygen atoms in total. The first kappa shape index (κ1) is 19.3. The van der Waals surface area contributed by atoms with E-state index in [9.17, 15) is 9.59 Å². The number of methoxy groups -OCH3 is 3.